The van der Waals surface area contributed by atoms with Crippen LogP contribution in [0.25, 0.3) is 0 Å². The van der Waals surface area contributed by atoms with Crippen molar-refractivity contribution in [1.82, 2.24) is 0 Å². The van der Waals surface area contributed by atoms with Crippen LogP contribution < -0.4 is 0 Å². The summed E-state index contributed by atoms with van der Waals surface area (Å²) in [5, 5.41) is 0. The first kappa shape index (κ1) is 15.8. The third kappa shape index (κ3) is 8.60. The fourth-order valence-electron chi connectivity index (χ4n) is 1.21. The predicted molar refractivity (Wildman–Crippen MR) is 63.2 cm³/mol. The van der Waals surface area contributed by atoms with Crippen LogP contribution in [0.3, 0.4) is 0 Å². The molecule has 0 spiro atoms. The Morgan fingerprint density at radius 2 is 1.76 bits per heavy atom. The minimum Gasteiger partial charge on any atom is -0.410 e. The van der Waals surface area contributed by atoms with E-state index < -0.39 is 6.36 Å². The van der Waals surface area contributed by atoms with E-state index in [-0.39, 0.29) is 5.76 Å². The van der Waals surface area contributed by atoms with E-state index in [9.17, 15) is 13.2 Å². The van der Waals surface area contributed by atoms with Crippen molar-refractivity contribution >= 4 is 0 Å². The van der Waals surface area contributed by atoms with Crippen LogP contribution in [0.5, 0.6) is 0 Å². The highest BCUT2D eigenvalue weighted by Crippen LogP contribution is 2.22. The third-order valence-electron chi connectivity index (χ3n) is 2.06. The second-order valence-corrected chi connectivity index (χ2v) is 4.38. The zero-order chi connectivity index (χ0) is 13.6. The van der Waals surface area contributed by atoms with Crippen LogP contribution in [0.1, 0.15) is 34.1 Å². The van der Waals surface area contributed by atoms with Crippen molar-refractivity contribution in [1.29, 1.82) is 0 Å². The first-order chi connectivity index (χ1) is 7.61. The molecule has 0 fully saturated rings. The molecule has 0 unspecified atom stereocenters. The highest BCUT2D eigenvalue weighted by atomic mass is 19.4. The normalized spacial score (nSPS) is 14.1. The lowest BCUT2D eigenvalue weighted by atomic mass is 10.0. The van der Waals surface area contributed by atoms with Crippen LogP contribution in [0.15, 0.2) is 35.6 Å². The van der Waals surface area contributed by atoms with Gasteiger partial charge in [0.25, 0.3) is 0 Å². The third-order valence-corrected chi connectivity index (χ3v) is 2.06. The predicted octanol–water partition coefficient (Wildman–Crippen LogP) is 4.98. The second-order valence-electron chi connectivity index (χ2n) is 4.38. The molecule has 0 aromatic heterocycles. The van der Waals surface area contributed by atoms with Crippen LogP contribution in [0, 0.1) is 5.92 Å². The van der Waals surface area contributed by atoms with Crippen molar-refractivity contribution < 1.29 is 17.9 Å². The molecular formula is C13H19F3O. The number of allylic oxidation sites excluding steroid dienone is 5. The van der Waals surface area contributed by atoms with Gasteiger partial charge in [-0.2, -0.15) is 0 Å². The molecule has 17 heavy (non-hydrogen) atoms. The Morgan fingerprint density at radius 1 is 1.24 bits per heavy atom. The van der Waals surface area contributed by atoms with Gasteiger partial charge in [0.15, 0.2) is 0 Å². The van der Waals surface area contributed by atoms with Gasteiger partial charge >= 0.3 is 6.36 Å². The maximum Gasteiger partial charge on any atom is 0.572 e. The fraction of sp³-hybridized carbons (Fsp3) is 0.538. The quantitative estimate of drug-likeness (QED) is 0.492. The Balaban J connectivity index is 4.51. The van der Waals surface area contributed by atoms with E-state index in [0.29, 0.717) is 11.5 Å². The smallest absolute Gasteiger partial charge is 0.410 e. The van der Waals surface area contributed by atoms with Crippen molar-refractivity contribution in [2.45, 2.75) is 40.5 Å². The standard InChI is InChI=1S/C13H19F3O/c1-9(2)8-10(3)6-7-11(4)12(5)17-13(14,15)16/h6-7,9H,3,8H2,1-2,4-5H3/b7-6-,12-11+. The van der Waals surface area contributed by atoms with Gasteiger partial charge < -0.3 is 4.74 Å². The lowest BCUT2D eigenvalue weighted by Gasteiger charge is -2.10. The van der Waals surface area contributed by atoms with Gasteiger partial charge in [0.05, 0.1) is 0 Å². The highest BCUT2D eigenvalue weighted by Gasteiger charge is 2.31. The van der Waals surface area contributed by atoms with Gasteiger partial charge in [-0.1, -0.05) is 38.2 Å². The number of halogens is 3. The minimum absolute atomic E-state index is 0.147. The molecule has 0 aliphatic carbocycles. The van der Waals surface area contributed by atoms with Crippen molar-refractivity contribution in [2.75, 3.05) is 0 Å². The first-order valence-corrected chi connectivity index (χ1v) is 5.41. The molecule has 0 rings (SSSR count). The molecule has 0 heterocycles. The summed E-state index contributed by atoms with van der Waals surface area (Å²) >= 11 is 0. The molecule has 0 amide bonds. The summed E-state index contributed by atoms with van der Waals surface area (Å²) in [5.74, 6) is 0.329. The average Bonchev–Trinajstić information content (AvgIpc) is 2.10. The van der Waals surface area contributed by atoms with E-state index in [1.54, 1.807) is 19.1 Å². The van der Waals surface area contributed by atoms with E-state index in [1.165, 1.54) is 6.92 Å². The molecule has 0 aromatic rings. The Labute approximate surface area is 101 Å². The average molecular weight is 248 g/mol. The molecule has 0 saturated heterocycles. The van der Waals surface area contributed by atoms with E-state index in [1.807, 2.05) is 0 Å². The van der Waals surface area contributed by atoms with Crippen LogP contribution in [-0.2, 0) is 4.74 Å². The van der Waals surface area contributed by atoms with Crippen molar-refractivity contribution in [3.8, 4) is 0 Å². The Morgan fingerprint density at radius 3 is 2.18 bits per heavy atom. The number of hydrogen-bond acceptors (Lipinski definition) is 1. The van der Waals surface area contributed by atoms with Gasteiger partial charge in [0, 0.05) is 0 Å². The zero-order valence-electron chi connectivity index (χ0n) is 10.7. The molecule has 98 valence electrons. The van der Waals surface area contributed by atoms with E-state index in [4.69, 9.17) is 0 Å². The number of alkyl halides is 3. The molecule has 1 nitrogen and oxygen atoms in total. The zero-order valence-corrected chi connectivity index (χ0v) is 10.7. The molecule has 0 saturated carbocycles. The highest BCUT2D eigenvalue weighted by molar-refractivity contribution is 5.26. The second kappa shape index (κ2) is 6.52. The summed E-state index contributed by atoms with van der Waals surface area (Å²) in [4.78, 5) is 0. The van der Waals surface area contributed by atoms with Gasteiger partial charge in [-0.15, -0.1) is 13.2 Å². The molecule has 0 aromatic carbocycles. The summed E-state index contributed by atoms with van der Waals surface area (Å²) in [6, 6.07) is 0. The number of hydrogen-bond donors (Lipinski definition) is 0. The van der Waals surface area contributed by atoms with Crippen molar-refractivity contribution in [3.63, 3.8) is 0 Å². The van der Waals surface area contributed by atoms with Crippen molar-refractivity contribution in [2.24, 2.45) is 5.92 Å². The Hall–Kier alpha value is -1.19. The molecule has 0 aliphatic rings. The topological polar surface area (TPSA) is 9.23 Å². The molecule has 4 heteroatoms. The molecule has 0 bridgehead atoms. The molecular weight excluding hydrogens is 229 g/mol. The first-order valence-electron chi connectivity index (χ1n) is 5.41. The van der Waals surface area contributed by atoms with Gasteiger partial charge in [-0.3, -0.25) is 0 Å². The summed E-state index contributed by atoms with van der Waals surface area (Å²) in [7, 11) is 0. The van der Waals surface area contributed by atoms with Crippen LogP contribution >= 0.6 is 0 Å². The number of rotatable bonds is 5. The lowest BCUT2D eigenvalue weighted by molar-refractivity contribution is -0.305. The van der Waals surface area contributed by atoms with E-state index in [2.05, 4.69) is 25.2 Å². The lowest BCUT2D eigenvalue weighted by Crippen LogP contribution is -2.12. The summed E-state index contributed by atoms with van der Waals surface area (Å²) in [6.07, 6.45) is -0.499. The molecule has 0 radical (unpaired) electrons. The van der Waals surface area contributed by atoms with E-state index >= 15 is 0 Å². The molecule has 0 aliphatic heterocycles. The van der Waals surface area contributed by atoms with Crippen molar-refractivity contribution in [3.05, 3.63) is 35.6 Å². The summed E-state index contributed by atoms with van der Waals surface area (Å²) in [5.41, 5.74) is 1.33. The monoisotopic (exact) mass is 248 g/mol. The maximum absolute atomic E-state index is 11.9. The van der Waals surface area contributed by atoms with E-state index in [0.717, 1.165) is 12.0 Å². The van der Waals surface area contributed by atoms with Crippen LogP contribution in [-0.4, -0.2) is 6.36 Å². The summed E-state index contributed by atoms with van der Waals surface area (Å²) in [6.45, 7) is 10.8. The van der Waals surface area contributed by atoms with Gasteiger partial charge in [0.1, 0.15) is 5.76 Å². The van der Waals surface area contributed by atoms with Gasteiger partial charge in [-0.25, -0.2) is 0 Å². The molecule has 0 N–H and O–H groups in total. The van der Waals surface area contributed by atoms with Gasteiger partial charge in [-0.05, 0) is 31.8 Å². The fourth-order valence-corrected chi connectivity index (χ4v) is 1.21. The van der Waals surface area contributed by atoms with Crippen LogP contribution in [0.4, 0.5) is 13.2 Å². The van der Waals surface area contributed by atoms with Gasteiger partial charge in [0.2, 0.25) is 0 Å². The Kier molecular flexibility index (Phi) is 6.07. The summed E-state index contributed by atoms with van der Waals surface area (Å²) < 4.78 is 39.6. The van der Waals surface area contributed by atoms with Crippen LogP contribution in [0.2, 0.25) is 0 Å². The SMILES string of the molecule is C=C(/C=C\C(C)=C(/C)OC(F)(F)F)CC(C)C. The largest absolute Gasteiger partial charge is 0.572 e. The number of ether oxygens (including phenoxy) is 1. The Bertz CT molecular complexity index is 322. The minimum atomic E-state index is -4.63. The maximum atomic E-state index is 11.9. The molecule has 0 atom stereocenters.